The van der Waals surface area contributed by atoms with E-state index in [0.29, 0.717) is 11.1 Å². The van der Waals surface area contributed by atoms with E-state index in [1.165, 1.54) is 0 Å². The van der Waals surface area contributed by atoms with Crippen molar-refractivity contribution in [3.8, 4) is 0 Å². The van der Waals surface area contributed by atoms with E-state index in [2.05, 4.69) is 0 Å². The van der Waals surface area contributed by atoms with Gasteiger partial charge in [0.1, 0.15) is 17.8 Å². The summed E-state index contributed by atoms with van der Waals surface area (Å²) in [7, 11) is 0. The summed E-state index contributed by atoms with van der Waals surface area (Å²) in [6.45, 7) is 9.15. The number of imide groups is 1. The number of carbonyl (C=O) groups is 3. The lowest BCUT2D eigenvalue weighted by atomic mass is 10.0. The molecule has 0 aliphatic rings. The van der Waals surface area contributed by atoms with Crippen LogP contribution in [0, 0.1) is 0 Å². The van der Waals surface area contributed by atoms with E-state index >= 15 is 4.39 Å². The summed E-state index contributed by atoms with van der Waals surface area (Å²) in [5.74, 6) is -4.58. The van der Waals surface area contributed by atoms with Crippen molar-refractivity contribution >= 4 is 18.2 Å². The Kier molecular flexibility index (Phi) is 9.01. The van der Waals surface area contributed by atoms with Gasteiger partial charge < -0.3 is 14.2 Å². The monoisotopic (exact) mass is 487 g/mol. The average Bonchev–Trinajstić information content (AvgIpc) is 2.75. The van der Waals surface area contributed by atoms with Crippen LogP contribution in [0.1, 0.15) is 59.1 Å². The molecule has 0 bridgehead atoms. The van der Waals surface area contributed by atoms with Gasteiger partial charge in [-0.15, -0.1) is 0 Å². The van der Waals surface area contributed by atoms with Crippen molar-refractivity contribution in [1.29, 1.82) is 0 Å². The van der Waals surface area contributed by atoms with Crippen molar-refractivity contribution in [2.24, 2.45) is 0 Å². The van der Waals surface area contributed by atoms with Gasteiger partial charge in [0.25, 0.3) is 5.79 Å². The second kappa shape index (κ2) is 11.3. The molecule has 0 aromatic heterocycles. The van der Waals surface area contributed by atoms with Crippen LogP contribution in [0.25, 0.3) is 0 Å². The molecule has 0 heterocycles. The number of esters is 1. The van der Waals surface area contributed by atoms with Crippen LogP contribution in [-0.4, -0.2) is 40.1 Å². The highest BCUT2D eigenvalue weighted by atomic mass is 19.1. The third kappa shape index (κ3) is 8.70. The van der Waals surface area contributed by atoms with Gasteiger partial charge in [0.2, 0.25) is 0 Å². The van der Waals surface area contributed by atoms with Crippen LogP contribution in [0.4, 0.5) is 14.0 Å². The molecule has 0 fully saturated rings. The Bertz CT molecular complexity index is 970. The highest BCUT2D eigenvalue weighted by Gasteiger charge is 2.54. The predicted molar refractivity (Wildman–Crippen MR) is 129 cm³/mol. The molecule has 0 aliphatic heterocycles. The average molecular weight is 488 g/mol. The van der Waals surface area contributed by atoms with Crippen molar-refractivity contribution in [2.45, 2.75) is 78.0 Å². The molecule has 8 heteroatoms. The Morgan fingerprint density at radius 1 is 0.743 bits per heavy atom. The topological polar surface area (TPSA) is 82.1 Å². The molecular formula is C27H34FNO6. The Balaban J connectivity index is 2.45. The van der Waals surface area contributed by atoms with Crippen molar-refractivity contribution in [3.63, 3.8) is 0 Å². The van der Waals surface area contributed by atoms with Crippen LogP contribution in [0.3, 0.4) is 0 Å². The number of aryl methyl sites for hydroxylation is 1. The number of alkyl halides is 1. The van der Waals surface area contributed by atoms with Crippen LogP contribution in [0.5, 0.6) is 0 Å². The lowest BCUT2D eigenvalue weighted by Crippen LogP contribution is -2.59. The molecule has 2 aromatic carbocycles. The predicted octanol–water partition coefficient (Wildman–Crippen LogP) is 6.20. The number of hydrogen-bond acceptors (Lipinski definition) is 6. The lowest BCUT2D eigenvalue weighted by Gasteiger charge is -2.36. The molecule has 0 saturated heterocycles. The van der Waals surface area contributed by atoms with E-state index in [4.69, 9.17) is 14.2 Å². The highest BCUT2D eigenvalue weighted by molar-refractivity contribution is 5.95. The third-order valence-electron chi connectivity index (χ3n) is 4.62. The molecule has 0 radical (unpaired) electrons. The van der Waals surface area contributed by atoms with E-state index in [1.54, 1.807) is 102 Å². The zero-order chi connectivity index (χ0) is 26.3. The largest absolute Gasteiger partial charge is 0.457 e. The normalized spacial score (nSPS) is 13.3. The number of benzene rings is 2. The van der Waals surface area contributed by atoms with Gasteiger partial charge in [-0.1, -0.05) is 60.7 Å². The number of halogens is 1. The first-order valence-electron chi connectivity index (χ1n) is 11.4. The van der Waals surface area contributed by atoms with E-state index in [1.807, 2.05) is 0 Å². The second-order valence-electron chi connectivity index (χ2n) is 10.1. The van der Waals surface area contributed by atoms with Gasteiger partial charge in [0.05, 0.1) is 0 Å². The first-order chi connectivity index (χ1) is 16.2. The summed E-state index contributed by atoms with van der Waals surface area (Å²) in [6, 6.07) is 17.5. The number of amides is 2. The molecule has 2 aromatic rings. The van der Waals surface area contributed by atoms with E-state index in [9.17, 15) is 14.4 Å². The number of rotatable bonds is 7. The fourth-order valence-corrected chi connectivity index (χ4v) is 3.07. The molecule has 0 N–H and O–H groups in total. The molecule has 7 nitrogen and oxygen atoms in total. The Morgan fingerprint density at radius 3 is 1.60 bits per heavy atom. The van der Waals surface area contributed by atoms with Crippen molar-refractivity contribution in [1.82, 2.24) is 4.90 Å². The molecule has 190 valence electrons. The van der Waals surface area contributed by atoms with E-state index in [0.717, 1.165) is 0 Å². The van der Waals surface area contributed by atoms with Gasteiger partial charge in [0, 0.05) is 6.42 Å². The molecule has 2 amide bonds. The van der Waals surface area contributed by atoms with Crippen LogP contribution in [0.2, 0.25) is 0 Å². The first-order valence-corrected chi connectivity index (χ1v) is 11.4. The third-order valence-corrected chi connectivity index (χ3v) is 4.62. The Labute approximate surface area is 206 Å². The summed E-state index contributed by atoms with van der Waals surface area (Å²) < 4.78 is 32.6. The first kappa shape index (κ1) is 27.8. The van der Waals surface area contributed by atoms with Crippen molar-refractivity contribution < 1.29 is 33.0 Å². The fraction of sp³-hybridized carbons (Fsp3) is 0.444. The molecule has 0 aliphatic carbocycles. The minimum absolute atomic E-state index is 0.0415. The number of nitrogens with zero attached hydrogens (tertiary/aromatic N) is 1. The van der Waals surface area contributed by atoms with Gasteiger partial charge >= 0.3 is 18.2 Å². The van der Waals surface area contributed by atoms with Gasteiger partial charge in [0.15, 0.2) is 0 Å². The summed E-state index contributed by atoms with van der Waals surface area (Å²) in [4.78, 5) is 39.4. The number of ether oxygens (including phenoxy) is 3. The maximum Gasteiger partial charge on any atom is 0.423 e. The number of carbonyl (C=O) groups excluding carboxylic acids is 3. The molecule has 35 heavy (non-hydrogen) atoms. The summed E-state index contributed by atoms with van der Waals surface area (Å²) in [5, 5.41) is 0. The molecular weight excluding hydrogens is 453 g/mol. The fourth-order valence-electron chi connectivity index (χ4n) is 3.07. The highest BCUT2D eigenvalue weighted by Crippen LogP contribution is 2.31. The van der Waals surface area contributed by atoms with Gasteiger partial charge in [-0.2, -0.15) is 4.90 Å². The summed E-state index contributed by atoms with van der Waals surface area (Å²) in [6.07, 6.45) is -3.21. The van der Waals surface area contributed by atoms with Crippen LogP contribution >= 0.6 is 0 Å². The summed E-state index contributed by atoms with van der Waals surface area (Å²) >= 11 is 0. The smallest absolute Gasteiger partial charge is 0.423 e. The van der Waals surface area contributed by atoms with Crippen molar-refractivity contribution in [2.75, 3.05) is 0 Å². The molecule has 0 saturated carbocycles. The zero-order valence-electron chi connectivity index (χ0n) is 21.2. The Morgan fingerprint density at radius 2 is 1.17 bits per heavy atom. The van der Waals surface area contributed by atoms with E-state index < -0.39 is 41.6 Å². The minimum atomic E-state index is -3.19. The number of hydrogen-bond donors (Lipinski definition) is 0. The van der Waals surface area contributed by atoms with Gasteiger partial charge in [-0.25, -0.2) is 18.8 Å². The molecule has 0 spiro atoms. The van der Waals surface area contributed by atoms with Gasteiger partial charge in [-0.05, 0) is 59.1 Å². The minimum Gasteiger partial charge on any atom is -0.457 e. The molecule has 2 rings (SSSR count). The van der Waals surface area contributed by atoms with Crippen LogP contribution < -0.4 is 0 Å². The molecule has 1 atom stereocenters. The lowest BCUT2D eigenvalue weighted by molar-refractivity contribution is -0.173. The SMILES string of the molecule is CC(C)(C)OC(=O)N(C(=O)OC(C)(C)C)C(F)(CCc1ccccc1)C(=O)OCc1ccccc1. The quantitative estimate of drug-likeness (QED) is 0.263. The summed E-state index contributed by atoms with van der Waals surface area (Å²) in [5.41, 5.74) is -0.803. The van der Waals surface area contributed by atoms with Crippen LogP contribution in [-0.2, 0) is 32.0 Å². The zero-order valence-corrected chi connectivity index (χ0v) is 21.2. The van der Waals surface area contributed by atoms with Gasteiger partial charge in [-0.3, -0.25) is 0 Å². The second-order valence-corrected chi connectivity index (χ2v) is 10.1. The molecule has 1 unspecified atom stereocenters. The maximum absolute atomic E-state index is 16.7. The standard InChI is InChI=1S/C27H34FNO6/c1-25(2,3)34-23(31)29(24(32)35-26(4,5)6)27(28,18-17-20-13-9-7-10-14-20)22(30)33-19-21-15-11-8-12-16-21/h7-16H,17-19H2,1-6H3. The van der Waals surface area contributed by atoms with Crippen molar-refractivity contribution in [3.05, 3.63) is 71.8 Å². The van der Waals surface area contributed by atoms with Crippen LogP contribution in [0.15, 0.2) is 60.7 Å². The van der Waals surface area contributed by atoms with E-state index in [-0.39, 0.29) is 17.9 Å². The maximum atomic E-state index is 16.7. The Hall–Kier alpha value is -3.42.